The van der Waals surface area contributed by atoms with Crippen molar-refractivity contribution in [3.05, 3.63) is 0 Å². The van der Waals surface area contributed by atoms with Crippen LogP contribution in [0.25, 0.3) is 0 Å². The van der Waals surface area contributed by atoms with E-state index >= 15 is 0 Å². The number of rotatable bonds is 1. The fourth-order valence-corrected chi connectivity index (χ4v) is 2.93. The lowest BCUT2D eigenvalue weighted by Gasteiger charge is -2.39. The van der Waals surface area contributed by atoms with E-state index in [1.54, 1.807) is 0 Å². The van der Waals surface area contributed by atoms with Crippen molar-refractivity contribution in [2.75, 3.05) is 6.54 Å². The number of hydrogen-bond acceptors (Lipinski definition) is 1. The minimum atomic E-state index is 0.898. The van der Waals surface area contributed by atoms with Crippen molar-refractivity contribution in [1.29, 1.82) is 0 Å². The Morgan fingerprint density at radius 1 is 1.30 bits per heavy atom. The molecule has 2 fully saturated rings. The topological polar surface area (TPSA) is 26.0 Å². The normalized spacial score (nSPS) is 52.2. The molecule has 0 aromatic carbocycles. The Kier molecular flexibility index (Phi) is 1.48. The van der Waals surface area contributed by atoms with Crippen molar-refractivity contribution < 1.29 is 0 Å². The summed E-state index contributed by atoms with van der Waals surface area (Å²) in [5, 5.41) is 0. The van der Waals surface area contributed by atoms with E-state index in [1.807, 2.05) is 0 Å². The molecule has 1 nitrogen and oxygen atoms in total. The van der Waals surface area contributed by atoms with Gasteiger partial charge >= 0.3 is 0 Å². The number of hydrogen-bond donors (Lipinski definition) is 1. The minimum absolute atomic E-state index is 0.898. The van der Waals surface area contributed by atoms with E-state index in [0.29, 0.717) is 0 Å². The van der Waals surface area contributed by atoms with Crippen molar-refractivity contribution in [2.45, 2.75) is 26.2 Å². The monoisotopic (exact) mass is 139 g/mol. The zero-order valence-corrected chi connectivity index (χ0v) is 6.72. The highest BCUT2D eigenvalue weighted by Crippen LogP contribution is 2.52. The lowest BCUT2D eigenvalue weighted by molar-refractivity contribution is 0.111. The van der Waals surface area contributed by atoms with Gasteiger partial charge in [-0.15, -0.1) is 0 Å². The summed E-state index contributed by atoms with van der Waals surface area (Å²) in [4.78, 5) is 0. The lowest BCUT2D eigenvalue weighted by Crippen LogP contribution is -2.37. The molecule has 0 saturated heterocycles. The van der Waals surface area contributed by atoms with Crippen LogP contribution in [0.5, 0.6) is 0 Å². The molecular formula is C9H17N. The smallest absolute Gasteiger partial charge is 0.00460 e. The molecule has 58 valence electrons. The third-order valence-electron chi connectivity index (χ3n) is 3.50. The molecule has 0 aromatic heterocycles. The van der Waals surface area contributed by atoms with E-state index in [9.17, 15) is 0 Å². The molecule has 2 rings (SSSR count). The summed E-state index contributed by atoms with van der Waals surface area (Å²) >= 11 is 0. The fourth-order valence-electron chi connectivity index (χ4n) is 2.93. The average molecular weight is 139 g/mol. The zero-order valence-electron chi connectivity index (χ0n) is 6.72. The highest BCUT2D eigenvalue weighted by molar-refractivity contribution is 4.95. The molecule has 0 radical (unpaired) electrons. The summed E-state index contributed by atoms with van der Waals surface area (Å²) in [7, 11) is 0. The Morgan fingerprint density at radius 2 is 2.10 bits per heavy atom. The maximum absolute atomic E-state index is 5.64. The van der Waals surface area contributed by atoms with Crippen LogP contribution in [0, 0.1) is 23.7 Å². The van der Waals surface area contributed by atoms with E-state index in [-0.39, 0.29) is 0 Å². The van der Waals surface area contributed by atoms with Crippen LogP contribution in [0.4, 0.5) is 0 Å². The molecule has 2 saturated carbocycles. The zero-order chi connectivity index (χ0) is 7.14. The van der Waals surface area contributed by atoms with E-state index in [4.69, 9.17) is 5.73 Å². The van der Waals surface area contributed by atoms with Gasteiger partial charge in [0.05, 0.1) is 0 Å². The van der Waals surface area contributed by atoms with Crippen molar-refractivity contribution in [2.24, 2.45) is 29.4 Å². The van der Waals surface area contributed by atoms with E-state index in [0.717, 1.165) is 30.2 Å². The average Bonchev–Trinajstić information content (AvgIpc) is 2.15. The highest BCUT2D eigenvalue weighted by Gasteiger charge is 2.45. The van der Waals surface area contributed by atoms with E-state index in [1.165, 1.54) is 19.3 Å². The van der Waals surface area contributed by atoms with Gasteiger partial charge in [-0.25, -0.2) is 0 Å². The van der Waals surface area contributed by atoms with Gasteiger partial charge in [-0.2, -0.15) is 0 Å². The van der Waals surface area contributed by atoms with Crippen molar-refractivity contribution in [3.63, 3.8) is 0 Å². The second kappa shape index (κ2) is 2.23. The molecule has 2 aliphatic carbocycles. The molecular weight excluding hydrogens is 122 g/mol. The van der Waals surface area contributed by atoms with Gasteiger partial charge in [-0.1, -0.05) is 6.92 Å². The molecule has 2 aliphatic rings. The summed E-state index contributed by atoms with van der Waals surface area (Å²) in [6.07, 6.45) is 4.39. The predicted octanol–water partition coefficient (Wildman–Crippen LogP) is 1.63. The third-order valence-corrected chi connectivity index (χ3v) is 3.50. The SMILES string of the molecule is CC1CC2C(CN)C[C@H]2C1. The van der Waals surface area contributed by atoms with E-state index < -0.39 is 0 Å². The first-order chi connectivity index (χ1) is 4.81. The van der Waals surface area contributed by atoms with Crippen LogP contribution in [0.2, 0.25) is 0 Å². The standard InChI is InChI=1S/C9H17N/c1-6-2-7-4-8(5-10)9(7)3-6/h6-9H,2-5,10H2,1H3/t6?,7-,8?,9?/m1/s1. The molecule has 0 spiro atoms. The molecule has 0 aromatic rings. The van der Waals surface area contributed by atoms with Gasteiger partial charge in [0.25, 0.3) is 0 Å². The molecule has 1 heteroatoms. The van der Waals surface area contributed by atoms with Gasteiger partial charge in [0.2, 0.25) is 0 Å². The van der Waals surface area contributed by atoms with Crippen LogP contribution in [0.15, 0.2) is 0 Å². The largest absolute Gasteiger partial charge is 0.330 e. The van der Waals surface area contributed by atoms with Gasteiger partial charge in [0.15, 0.2) is 0 Å². The molecule has 0 amide bonds. The third kappa shape index (κ3) is 0.800. The first-order valence-corrected chi connectivity index (χ1v) is 4.51. The summed E-state index contributed by atoms with van der Waals surface area (Å²) in [5.41, 5.74) is 5.64. The minimum Gasteiger partial charge on any atom is -0.330 e. The van der Waals surface area contributed by atoms with Crippen LogP contribution >= 0.6 is 0 Å². The van der Waals surface area contributed by atoms with Crippen LogP contribution in [0.1, 0.15) is 26.2 Å². The first kappa shape index (κ1) is 6.66. The van der Waals surface area contributed by atoms with E-state index in [2.05, 4.69) is 6.92 Å². The maximum Gasteiger partial charge on any atom is -0.00460 e. The molecule has 0 aliphatic heterocycles. The molecule has 2 N–H and O–H groups in total. The van der Waals surface area contributed by atoms with Crippen LogP contribution < -0.4 is 5.73 Å². The molecule has 3 unspecified atom stereocenters. The van der Waals surface area contributed by atoms with Crippen LogP contribution in [-0.2, 0) is 0 Å². The second-order valence-corrected chi connectivity index (χ2v) is 4.23. The maximum atomic E-state index is 5.64. The predicted molar refractivity (Wildman–Crippen MR) is 42.5 cm³/mol. The van der Waals surface area contributed by atoms with Gasteiger partial charge in [0, 0.05) is 0 Å². The summed E-state index contributed by atoms with van der Waals surface area (Å²) < 4.78 is 0. The van der Waals surface area contributed by atoms with Crippen molar-refractivity contribution in [3.8, 4) is 0 Å². The molecule has 0 heterocycles. The summed E-state index contributed by atoms with van der Waals surface area (Å²) in [6, 6.07) is 0. The summed E-state index contributed by atoms with van der Waals surface area (Å²) in [6.45, 7) is 3.32. The molecule has 4 atom stereocenters. The molecule has 10 heavy (non-hydrogen) atoms. The van der Waals surface area contributed by atoms with Crippen molar-refractivity contribution >= 4 is 0 Å². The van der Waals surface area contributed by atoms with Gasteiger partial charge in [-0.3, -0.25) is 0 Å². The Hall–Kier alpha value is -0.0400. The second-order valence-electron chi connectivity index (χ2n) is 4.23. The van der Waals surface area contributed by atoms with Gasteiger partial charge in [0.1, 0.15) is 0 Å². The van der Waals surface area contributed by atoms with Crippen LogP contribution in [-0.4, -0.2) is 6.54 Å². The Morgan fingerprint density at radius 3 is 2.70 bits per heavy atom. The number of nitrogens with two attached hydrogens (primary N) is 1. The quantitative estimate of drug-likeness (QED) is 0.587. The Bertz CT molecular complexity index is 129. The fraction of sp³-hybridized carbons (Fsp3) is 1.00. The summed E-state index contributed by atoms with van der Waals surface area (Å²) in [5.74, 6) is 3.99. The van der Waals surface area contributed by atoms with Crippen LogP contribution in [0.3, 0.4) is 0 Å². The number of fused-ring (bicyclic) bond motifs is 1. The molecule has 0 bridgehead atoms. The Balaban J connectivity index is 1.93. The lowest BCUT2D eigenvalue weighted by atomic mass is 9.67. The first-order valence-electron chi connectivity index (χ1n) is 4.51. The van der Waals surface area contributed by atoms with Crippen molar-refractivity contribution in [1.82, 2.24) is 0 Å². The highest BCUT2D eigenvalue weighted by atomic mass is 14.6. The van der Waals surface area contributed by atoms with Gasteiger partial charge < -0.3 is 5.73 Å². The Labute approximate surface area is 63.0 Å². The van der Waals surface area contributed by atoms with Gasteiger partial charge in [-0.05, 0) is 49.5 Å².